The minimum atomic E-state index is -1.87. The van der Waals surface area contributed by atoms with Crippen LogP contribution >= 0.6 is 11.6 Å². The van der Waals surface area contributed by atoms with Gasteiger partial charge in [-0.3, -0.25) is 19.2 Å². The Morgan fingerprint density at radius 1 is 0.755 bits per heavy atom. The normalized spacial score (nSPS) is 20.7. The summed E-state index contributed by atoms with van der Waals surface area (Å²) in [5.74, 6) is 0.859. The molecule has 1 aliphatic rings. The maximum absolute atomic E-state index is 12.3. The van der Waals surface area contributed by atoms with Crippen LogP contribution in [0.2, 0.25) is 21.6 Å². The van der Waals surface area contributed by atoms with E-state index in [1.165, 1.54) is 27.7 Å². The van der Waals surface area contributed by atoms with Gasteiger partial charge in [-0.05, 0) is 57.9 Å². The highest BCUT2D eigenvalue weighted by atomic mass is 35.5. The SMILES string of the molecule is CC(=O)OCC1OC(c2ccc(Cl)c(Cc3ccc(C#C[Si](C(C)C)(C(C)C)C(C)C)cc3)c2)[C@H](OC(C)=O)[C@@H](OC(C)=O)[C@@H]1OC(C)=O. The largest absolute Gasteiger partial charge is 0.463 e. The lowest BCUT2D eigenvalue weighted by Crippen LogP contribution is -2.59. The molecule has 0 saturated carbocycles. The van der Waals surface area contributed by atoms with E-state index in [0.717, 1.165) is 16.7 Å². The molecular formula is C38H49ClO9Si. The van der Waals surface area contributed by atoms with Crippen LogP contribution in [0.3, 0.4) is 0 Å². The average Bonchev–Trinajstić information content (AvgIpc) is 2.99. The fourth-order valence-corrected chi connectivity index (χ4v) is 12.4. The first kappa shape index (κ1) is 39.8. The van der Waals surface area contributed by atoms with Crippen LogP contribution < -0.4 is 0 Å². The standard InChI is InChI=1S/C38H49ClO9Si/c1-22(2)49(23(3)4,24(5)6)18-17-29-11-13-30(14-12-29)19-32-20-31(15-16-33(32)39)35-37(46-27(9)42)38(47-28(10)43)36(45-26(8)41)34(48-35)21-44-25(7)40/h11-16,20,22-24,34-38H,19,21H2,1-10H3/t34?,35?,36-,37+,38+/m1/s1. The third-order valence-electron chi connectivity index (χ3n) is 9.03. The lowest BCUT2D eigenvalue weighted by Gasteiger charge is -2.44. The highest BCUT2D eigenvalue weighted by Gasteiger charge is 2.52. The summed E-state index contributed by atoms with van der Waals surface area (Å²) in [6, 6.07) is 13.4. The van der Waals surface area contributed by atoms with Crippen LogP contribution in [-0.4, -0.2) is 63.0 Å². The summed E-state index contributed by atoms with van der Waals surface area (Å²) in [7, 11) is -1.87. The van der Waals surface area contributed by atoms with E-state index in [-0.39, 0.29) is 6.61 Å². The molecule has 2 aromatic rings. The van der Waals surface area contributed by atoms with Gasteiger partial charge in [-0.2, -0.15) is 0 Å². The average molecular weight is 713 g/mol. The van der Waals surface area contributed by atoms with Gasteiger partial charge in [0.05, 0.1) is 0 Å². The Morgan fingerprint density at radius 3 is 1.80 bits per heavy atom. The number of hydrogen-bond acceptors (Lipinski definition) is 9. The Morgan fingerprint density at radius 2 is 1.29 bits per heavy atom. The van der Waals surface area contributed by atoms with Gasteiger partial charge >= 0.3 is 23.9 Å². The number of benzene rings is 2. The first-order valence-corrected chi connectivity index (χ1v) is 19.3. The van der Waals surface area contributed by atoms with Crippen LogP contribution in [-0.2, 0) is 49.3 Å². The number of hydrogen-bond donors (Lipinski definition) is 0. The lowest BCUT2D eigenvalue weighted by atomic mass is 9.89. The third-order valence-corrected chi connectivity index (χ3v) is 15.7. The number of carbonyl (C=O) groups excluding carboxylic acids is 4. The molecule has 1 saturated heterocycles. The van der Waals surface area contributed by atoms with E-state index in [0.29, 0.717) is 33.6 Å². The monoisotopic (exact) mass is 712 g/mol. The molecular weight excluding hydrogens is 664 g/mol. The summed E-state index contributed by atoms with van der Waals surface area (Å²) in [5, 5.41) is 0.514. The zero-order valence-electron chi connectivity index (χ0n) is 30.1. The van der Waals surface area contributed by atoms with E-state index in [1.54, 1.807) is 12.1 Å². The molecule has 2 unspecified atom stereocenters. The van der Waals surface area contributed by atoms with Gasteiger partial charge in [-0.25, -0.2) is 0 Å². The van der Waals surface area contributed by atoms with E-state index in [9.17, 15) is 19.2 Å². The topological polar surface area (TPSA) is 114 Å². The van der Waals surface area contributed by atoms with Crippen LogP contribution in [0.4, 0.5) is 0 Å². The Labute approximate surface area is 296 Å². The summed E-state index contributed by atoms with van der Waals surface area (Å²) >= 11 is 6.69. The predicted octanol–water partition coefficient (Wildman–Crippen LogP) is 7.30. The van der Waals surface area contributed by atoms with Gasteiger partial charge in [0.15, 0.2) is 18.3 Å². The Hall–Kier alpha value is -3.65. The van der Waals surface area contributed by atoms with Gasteiger partial charge in [-0.15, -0.1) is 5.54 Å². The minimum Gasteiger partial charge on any atom is -0.463 e. The molecule has 0 amide bonds. The second kappa shape index (κ2) is 17.3. The number of halogens is 1. The van der Waals surface area contributed by atoms with Crippen molar-refractivity contribution in [2.75, 3.05) is 6.61 Å². The van der Waals surface area contributed by atoms with Crippen molar-refractivity contribution in [1.82, 2.24) is 0 Å². The van der Waals surface area contributed by atoms with Crippen LogP contribution in [0.1, 0.15) is 97.6 Å². The molecule has 11 heteroatoms. The quantitative estimate of drug-likeness (QED) is 0.102. The number of carbonyl (C=O) groups is 4. The predicted molar refractivity (Wildman–Crippen MR) is 190 cm³/mol. The Kier molecular flexibility index (Phi) is 14.1. The molecule has 0 N–H and O–H groups in total. The number of rotatable bonds is 11. The van der Waals surface area contributed by atoms with Crippen LogP contribution in [0.25, 0.3) is 0 Å². The molecule has 0 bridgehead atoms. The molecule has 266 valence electrons. The highest BCUT2D eigenvalue weighted by molar-refractivity contribution is 6.90. The molecule has 0 radical (unpaired) electrons. The summed E-state index contributed by atoms with van der Waals surface area (Å²) in [6.07, 6.45) is -5.27. The zero-order valence-corrected chi connectivity index (χ0v) is 31.9. The smallest absolute Gasteiger partial charge is 0.303 e. The van der Waals surface area contributed by atoms with Crippen LogP contribution in [0.5, 0.6) is 0 Å². The molecule has 5 atom stereocenters. The molecule has 1 heterocycles. The van der Waals surface area contributed by atoms with Gasteiger partial charge in [0, 0.05) is 38.3 Å². The van der Waals surface area contributed by atoms with Crippen molar-refractivity contribution in [3.05, 3.63) is 69.7 Å². The molecule has 49 heavy (non-hydrogen) atoms. The fourth-order valence-electron chi connectivity index (χ4n) is 6.94. The highest BCUT2D eigenvalue weighted by Crippen LogP contribution is 2.41. The summed E-state index contributed by atoms with van der Waals surface area (Å²) < 4.78 is 28.3. The zero-order chi connectivity index (χ0) is 36.6. The van der Waals surface area contributed by atoms with Crippen molar-refractivity contribution in [3.63, 3.8) is 0 Å². The summed E-state index contributed by atoms with van der Waals surface area (Å²) in [4.78, 5) is 48.4. The van der Waals surface area contributed by atoms with Gasteiger partial charge in [0.1, 0.15) is 26.9 Å². The van der Waals surface area contributed by atoms with E-state index >= 15 is 0 Å². The van der Waals surface area contributed by atoms with Crippen molar-refractivity contribution in [2.45, 2.75) is 123 Å². The molecule has 9 nitrogen and oxygen atoms in total. The van der Waals surface area contributed by atoms with Crippen LogP contribution in [0, 0.1) is 11.5 Å². The molecule has 1 aliphatic heterocycles. The molecule has 2 aromatic carbocycles. The van der Waals surface area contributed by atoms with Gasteiger partial charge in [0.2, 0.25) is 0 Å². The van der Waals surface area contributed by atoms with Crippen molar-refractivity contribution < 1.29 is 42.9 Å². The molecule has 0 aromatic heterocycles. The summed E-state index contributed by atoms with van der Waals surface area (Å²) in [6.45, 7) is 18.3. The lowest BCUT2D eigenvalue weighted by molar-refractivity contribution is -0.254. The Bertz CT molecular complexity index is 1540. The van der Waals surface area contributed by atoms with E-state index in [2.05, 4.69) is 53.0 Å². The fraction of sp³-hybridized carbons (Fsp3) is 0.526. The second-order valence-corrected chi connectivity index (χ2v) is 19.5. The van der Waals surface area contributed by atoms with Gasteiger partial charge < -0.3 is 23.7 Å². The first-order chi connectivity index (χ1) is 23.0. The molecule has 1 fully saturated rings. The molecule has 3 rings (SSSR count). The van der Waals surface area contributed by atoms with Crippen molar-refractivity contribution in [3.8, 4) is 11.5 Å². The number of ether oxygens (including phenoxy) is 5. The first-order valence-electron chi connectivity index (χ1n) is 16.7. The van der Waals surface area contributed by atoms with Crippen LogP contribution in [0.15, 0.2) is 42.5 Å². The maximum atomic E-state index is 12.3. The molecule has 0 aliphatic carbocycles. The van der Waals surface area contributed by atoms with Crippen molar-refractivity contribution in [2.24, 2.45) is 0 Å². The third kappa shape index (κ3) is 10.2. The molecule has 0 spiro atoms. The minimum absolute atomic E-state index is 0.306. The summed E-state index contributed by atoms with van der Waals surface area (Å²) in [5.41, 5.74) is 8.69. The van der Waals surface area contributed by atoms with Gasteiger partial charge in [-0.1, -0.05) is 83.3 Å². The number of esters is 4. The van der Waals surface area contributed by atoms with Crippen molar-refractivity contribution in [1.29, 1.82) is 0 Å². The Balaban J connectivity index is 2.00. The van der Waals surface area contributed by atoms with Gasteiger partial charge in [0.25, 0.3) is 0 Å². The van der Waals surface area contributed by atoms with E-state index < -0.39 is 62.5 Å². The van der Waals surface area contributed by atoms with E-state index in [1.807, 2.05) is 30.3 Å². The van der Waals surface area contributed by atoms with Crippen molar-refractivity contribution >= 4 is 43.6 Å². The second-order valence-electron chi connectivity index (χ2n) is 13.5. The van der Waals surface area contributed by atoms with E-state index in [4.69, 9.17) is 35.3 Å². The maximum Gasteiger partial charge on any atom is 0.303 e.